The molecule has 4 rings (SSSR count). The molecular formula is C22H22ClFN4O3. The highest BCUT2D eigenvalue weighted by Crippen LogP contribution is 2.26. The highest BCUT2D eigenvalue weighted by atomic mass is 35.5. The summed E-state index contributed by atoms with van der Waals surface area (Å²) in [5, 5.41) is 6.49. The van der Waals surface area contributed by atoms with Crippen molar-refractivity contribution in [3.05, 3.63) is 64.9 Å². The van der Waals surface area contributed by atoms with Gasteiger partial charge in [0.15, 0.2) is 0 Å². The molecule has 31 heavy (non-hydrogen) atoms. The number of benzene rings is 2. The maximum Gasteiger partial charge on any atom is 0.327 e. The molecule has 0 spiro atoms. The molecule has 0 bridgehead atoms. The smallest absolute Gasteiger partial charge is 0.325 e. The van der Waals surface area contributed by atoms with Crippen molar-refractivity contribution in [1.82, 2.24) is 15.1 Å². The van der Waals surface area contributed by atoms with Crippen LogP contribution in [0.1, 0.15) is 18.4 Å². The van der Waals surface area contributed by atoms with Gasteiger partial charge < -0.3 is 15.5 Å². The van der Waals surface area contributed by atoms with Crippen LogP contribution in [0.15, 0.2) is 48.5 Å². The summed E-state index contributed by atoms with van der Waals surface area (Å²) in [6, 6.07) is 10.8. The third kappa shape index (κ3) is 4.70. The maximum atomic E-state index is 13.2. The largest absolute Gasteiger partial charge is 0.327 e. The second kappa shape index (κ2) is 9.03. The Hall–Kier alpha value is -2.97. The average molecular weight is 445 g/mol. The van der Waals surface area contributed by atoms with Gasteiger partial charge in [-0.2, -0.15) is 0 Å². The van der Waals surface area contributed by atoms with E-state index in [1.54, 1.807) is 24.3 Å². The highest BCUT2D eigenvalue weighted by Gasteiger charge is 2.47. The number of amides is 4. The fourth-order valence-corrected chi connectivity index (χ4v) is 4.14. The van der Waals surface area contributed by atoms with E-state index in [9.17, 15) is 18.8 Å². The van der Waals surface area contributed by atoms with Gasteiger partial charge in [0.05, 0.1) is 12.6 Å². The van der Waals surface area contributed by atoms with Gasteiger partial charge in [0.2, 0.25) is 11.8 Å². The Labute approximate surface area is 184 Å². The molecule has 0 saturated carbocycles. The number of hydrogen-bond donors (Lipinski definition) is 2. The molecule has 0 radical (unpaired) electrons. The highest BCUT2D eigenvalue weighted by molar-refractivity contribution is 6.30. The predicted molar refractivity (Wildman–Crippen MR) is 114 cm³/mol. The van der Waals surface area contributed by atoms with Gasteiger partial charge in [0.25, 0.3) is 0 Å². The summed E-state index contributed by atoms with van der Waals surface area (Å²) >= 11 is 5.87. The summed E-state index contributed by atoms with van der Waals surface area (Å²) in [6.45, 7) is 0.492. The monoisotopic (exact) mass is 444 g/mol. The molecule has 162 valence electrons. The van der Waals surface area contributed by atoms with Gasteiger partial charge in [-0.25, -0.2) is 9.18 Å². The van der Waals surface area contributed by atoms with Gasteiger partial charge in [-0.15, -0.1) is 0 Å². The van der Waals surface area contributed by atoms with E-state index in [0.29, 0.717) is 29.2 Å². The second-order valence-corrected chi connectivity index (χ2v) is 8.09. The fourth-order valence-electron chi connectivity index (χ4n) is 4.01. The molecule has 0 aromatic heterocycles. The second-order valence-electron chi connectivity index (χ2n) is 7.66. The summed E-state index contributed by atoms with van der Waals surface area (Å²) < 4.78 is 13.2. The minimum atomic E-state index is -0.574. The Bertz CT molecular complexity index is 983. The van der Waals surface area contributed by atoms with E-state index in [-0.39, 0.29) is 24.9 Å². The van der Waals surface area contributed by atoms with Crippen molar-refractivity contribution in [1.29, 1.82) is 0 Å². The molecule has 2 unspecified atom stereocenters. The van der Waals surface area contributed by atoms with Crippen LogP contribution in [0.4, 0.5) is 14.9 Å². The molecule has 2 aromatic rings. The predicted octanol–water partition coefficient (Wildman–Crippen LogP) is 3.00. The van der Waals surface area contributed by atoms with E-state index in [2.05, 4.69) is 10.6 Å². The zero-order valence-corrected chi connectivity index (χ0v) is 17.4. The van der Waals surface area contributed by atoms with Gasteiger partial charge in [-0.05, 0) is 61.3 Å². The molecule has 2 atom stereocenters. The number of rotatable bonds is 5. The minimum absolute atomic E-state index is 0.0121. The maximum absolute atomic E-state index is 13.2. The zero-order valence-electron chi connectivity index (χ0n) is 16.7. The van der Waals surface area contributed by atoms with Crippen LogP contribution in [0.2, 0.25) is 5.02 Å². The van der Waals surface area contributed by atoms with Gasteiger partial charge in [-0.3, -0.25) is 14.5 Å². The van der Waals surface area contributed by atoms with Crippen molar-refractivity contribution in [2.24, 2.45) is 0 Å². The summed E-state index contributed by atoms with van der Waals surface area (Å²) in [4.78, 5) is 41.5. The number of hydrogen-bond acceptors (Lipinski definition) is 4. The summed E-state index contributed by atoms with van der Waals surface area (Å²) in [5.41, 5.74) is 1.19. The lowest BCUT2D eigenvalue weighted by atomic mass is 9.93. The zero-order chi connectivity index (χ0) is 22.0. The molecule has 2 fully saturated rings. The van der Waals surface area contributed by atoms with Crippen molar-refractivity contribution in [3.8, 4) is 0 Å². The molecular weight excluding hydrogens is 423 g/mol. The van der Waals surface area contributed by atoms with Crippen molar-refractivity contribution in [3.63, 3.8) is 0 Å². The number of piperidine rings is 1. The lowest BCUT2D eigenvalue weighted by Gasteiger charge is -2.46. The third-order valence-corrected chi connectivity index (χ3v) is 5.78. The molecule has 7 nitrogen and oxygen atoms in total. The lowest BCUT2D eigenvalue weighted by molar-refractivity contribution is -0.138. The van der Waals surface area contributed by atoms with Gasteiger partial charge >= 0.3 is 6.03 Å². The number of nitrogens with one attached hydrogen (secondary N) is 2. The molecule has 0 aliphatic carbocycles. The fraction of sp³-hybridized carbons (Fsp3) is 0.318. The first-order valence-electron chi connectivity index (χ1n) is 10.1. The number of imide groups is 1. The average Bonchev–Trinajstić information content (AvgIpc) is 2.77. The number of nitrogens with zero attached hydrogens (tertiary/aromatic N) is 2. The molecule has 2 aliphatic heterocycles. The van der Waals surface area contributed by atoms with Crippen LogP contribution in [0, 0.1) is 5.82 Å². The first-order chi connectivity index (χ1) is 14.9. The minimum Gasteiger partial charge on any atom is -0.325 e. The van der Waals surface area contributed by atoms with Crippen LogP contribution < -0.4 is 10.6 Å². The normalized spacial score (nSPS) is 21.1. The summed E-state index contributed by atoms with van der Waals surface area (Å²) in [6.07, 6.45) is 1.43. The SMILES string of the molecule is O=C(CN1C(=O)N(Cc2ccc(F)cc2)C(=O)C2NCCCC21)Nc1ccc(Cl)cc1. The Balaban J connectivity index is 1.53. The molecule has 2 heterocycles. The van der Waals surface area contributed by atoms with E-state index >= 15 is 0 Å². The molecule has 2 aliphatic rings. The van der Waals surface area contributed by atoms with Crippen LogP contribution in [0.5, 0.6) is 0 Å². The molecule has 9 heteroatoms. The number of fused-ring (bicyclic) bond motifs is 1. The summed E-state index contributed by atoms with van der Waals surface area (Å²) in [5.74, 6) is -1.08. The van der Waals surface area contributed by atoms with E-state index < -0.39 is 23.9 Å². The van der Waals surface area contributed by atoms with Crippen LogP contribution in [0.3, 0.4) is 0 Å². The first kappa shape index (κ1) is 21.3. The molecule has 2 N–H and O–H groups in total. The van der Waals surface area contributed by atoms with E-state index in [0.717, 1.165) is 11.3 Å². The number of anilines is 1. The lowest BCUT2D eigenvalue weighted by Crippen LogP contribution is -2.70. The Morgan fingerprint density at radius 3 is 2.55 bits per heavy atom. The van der Waals surface area contributed by atoms with Gasteiger partial charge in [0.1, 0.15) is 18.4 Å². The van der Waals surface area contributed by atoms with Gasteiger partial charge in [0, 0.05) is 10.7 Å². The molecule has 2 aromatic carbocycles. The summed E-state index contributed by atoms with van der Waals surface area (Å²) in [7, 11) is 0. The first-order valence-corrected chi connectivity index (χ1v) is 10.5. The Kier molecular flexibility index (Phi) is 6.20. The van der Waals surface area contributed by atoms with Crippen molar-refractivity contribution in [2.45, 2.75) is 31.5 Å². The number of urea groups is 1. The Morgan fingerprint density at radius 1 is 1.13 bits per heavy atom. The standard InChI is InChI=1S/C22H22ClFN4O3/c23-15-5-9-17(10-6-15)26-19(29)13-27-18-2-1-11-25-20(18)21(30)28(22(27)31)12-14-3-7-16(24)8-4-14/h3-10,18,20,25H,1-2,11-13H2,(H,26,29). The molecule has 2 saturated heterocycles. The third-order valence-electron chi connectivity index (χ3n) is 5.53. The quantitative estimate of drug-likeness (QED) is 0.742. The van der Waals surface area contributed by atoms with Crippen molar-refractivity contribution >= 4 is 35.1 Å². The number of halogens is 2. The van der Waals surface area contributed by atoms with Crippen molar-refractivity contribution < 1.29 is 18.8 Å². The van der Waals surface area contributed by atoms with Crippen LogP contribution in [-0.2, 0) is 16.1 Å². The van der Waals surface area contributed by atoms with Crippen LogP contribution >= 0.6 is 11.6 Å². The topological polar surface area (TPSA) is 81.8 Å². The van der Waals surface area contributed by atoms with Crippen LogP contribution in [0.25, 0.3) is 0 Å². The van der Waals surface area contributed by atoms with Crippen molar-refractivity contribution in [2.75, 3.05) is 18.4 Å². The van der Waals surface area contributed by atoms with Gasteiger partial charge in [-0.1, -0.05) is 23.7 Å². The Morgan fingerprint density at radius 2 is 1.84 bits per heavy atom. The van der Waals surface area contributed by atoms with E-state index in [1.807, 2.05) is 0 Å². The van der Waals surface area contributed by atoms with E-state index in [1.165, 1.54) is 29.2 Å². The van der Waals surface area contributed by atoms with Crippen LogP contribution in [-0.4, -0.2) is 52.8 Å². The van der Waals surface area contributed by atoms with E-state index in [4.69, 9.17) is 11.6 Å². The number of carbonyl (C=O) groups excluding carboxylic acids is 3. The molecule has 4 amide bonds. The number of carbonyl (C=O) groups is 3.